The smallest absolute Gasteiger partial charge is 0.282 e. The third kappa shape index (κ3) is 4.25. The molecule has 0 unspecified atom stereocenters. The number of halogens is 1. The molecule has 0 saturated heterocycles. The van der Waals surface area contributed by atoms with Crippen molar-refractivity contribution in [3.05, 3.63) is 95.4 Å². The molecule has 0 radical (unpaired) electrons. The van der Waals surface area contributed by atoms with E-state index in [-0.39, 0.29) is 17.4 Å². The van der Waals surface area contributed by atoms with Crippen LogP contribution in [0.3, 0.4) is 0 Å². The molecule has 32 heavy (non-hydrogen) atoms. The minimum Gasteiger partial charge on any atom is -0.491 e. The van der Waals surface area contributed by atoms with Crippen molar-refractivity contribution >= 4 is 28.8 Å². The Morgan fingerprint density at radius 3 is 2.06 bits per heavy atom. The molecule has 162 valence electrons. The highest BCUT2D eigenvalue weighted by atomic mass is 19.1. The van der Waals surface area contributed by atoms with Gasteiger partial charge in [-0.2, -0.15) is 0 Å². The van der Waals surface area contributed by atoms with Crippen LogP contribution in [0.1, 0.15) is 25.0 Å². The highest BCUT2D eigenvalue weighted by Crippen LogP contribution is 2.34. The standard InChI is InChI=1S/C26H23FN2O3/c1-16(2)32-22-14-6-18(7-15-22)23-24(28-20-10-4-17(3)5-11-20)26(31)29(25(23)30)21-12-8-19(27)9-13-21/h4-16,28H,1-3H3. The van der Waals surface area contributed by atoms with E-state index in [1.165, 1.54) is 24.3 Å². The van der Waals surface area contributed by atoms with Crippen LogP contribution >= 0.6 is 0 Å². The van der Waals surface area contributed by atoms with E-state index in [4.69, 9.17) is 4.74 Å². The molecule has 0 aliphatic carbocycles. The molecular formula is C26H23FN2O3. The van der Waals surface area contributed by atoms with Crippen LogP contribution in [-0.4, -0.2) is 17.9 Å². The van der Waals surface area contributed by atoms with Crippen LogP contribution < -0.4 is 15.0 Å². The fourth-order valence-electron chi connectivity index (χ4n) is 3.49. The molecule has 1 heterocycles. The van der Waals surface area contributed by atoms with Crippen LogP contribution in [0, 0.1) is 12.7 Å². The van der Waals surface area contributed by atoms with E-state index < -0.39 is 17.6 Å². The number of hydrogen-bond acceptors (Lipinski definition) is 4. The van der Waals surface area contributed by atoms with Gasteiger partial charge in [0.25, 0.3) is 11.8 Å². The number of carbonyl (C=O) groups excluding carboxylic acids is 2. The normalized spacial score (nSPS) is 13.8. The number of carbonyl (C=O) groups is 2. The van der Waals surface area contributed by atoms with Crippen molar-refractivity contribution in [3.63, 3.8) is 0 Å². The quantitative estimate of drug-likeness (QED) is 0.538. The molecule has 0 fully saturated rings. The molecule has 0 saturated carbocycles. The SMILES string of the molecule is Cc1ccc(NC2=C(c3ccc(OC(C)C)cc3)C(=O)N(c3ccc(F)cc3)C2=O)cc1. The summed E-state index contributed by atoms with van der Waals surface area (Å²) in [6.07, 6.45) is 0.0162. The Labute approximate surface area is 186 Å². The lowest BCUT2D eigenvalue weighted by molar-refractivity contribution is -0.120. The molecule has 6 heteroatoms. The predicted molar refractivity (Wildman–Crippen MR) is 123 cm³/mol. The molecule has 0 bridgehead atoms. The van der Waals surface area contributed by atoms with Crippen LogP contribution in [0.4, 0.5) is 15.8 Å². The number of nitrogens with zero attached hydrogens (tertiary/aromatic N) is 1. The first kappa shape index (κ1) is 21.3. The van der Waals surface area contributed by atoms with Crippen LogP contribution in [0.25, 0.3) is 5.57 Å². The van der Waals surface area contributed by atoms with E-state index in [1.807, 2.05) is 45.0 Å². The molecule has 0 spiro atoms. The van der Waals surface area contributed by atoms with Crippen LogP contribution in [0.5, 0.6) is 5.75 Å². The molecule has 3 aromatic rings. The number of nitrogens with one attached hydrogen (secondary N) is 1. The van der Waals surface area contributed by atoms with Gasteiger partial charge < -0.3 is 10.1 Å². The summed E-state index contributed by atoms with van der Waals surface area (Å²) in [5.74, 6) is -0.752. The molecule has 4 rings (SSSR count). The molecule has 0 atom stereocenters. The first-order chi connectivity index (χ1) is 15.3. The van der Waals surface area contributed by atoms with Gasteiger partial charge in [-0.05, 0) is 74.9 Å². The fraction of sp³-hybridized carbons (Fsp3) is 0.154. The molecule has 2 amide bonds. The average molecular weight is 430 g/mol. The molecule has 5 nitrogen and oxygen atoms in total. The Hall–Kier alpha value is -3.93. The predicted octanol–water partition coefficient (Wildman–Crippen LogP) is 5.32. The molecule has 3 aromatic carbocycles. The second-order valence-electron chi connectivity index (χ2n) is 7.85. The number of amides is 2. The molecule has 0 aromatic heterocycles. The Bertz CT molecular complexity index is 1180. The Balaban J connectivity index is 1.76. The van der Waals surface area contributed by atoms with Gasteiger partial charge >= 0.3 is 0 Å². The average Bonchev–Trinajstić information content (AvgIpc) is 3.00. The van der Waals surface area contributed by atoms with E-state index in [1.54, 1.807) is 24.3 Å². The van der Waals surface area contributed by atoms with Crippen molar-refractivity contribution in [1.82, 2.24) is 0 Å². The van der Waals surface area contributed by atoms with Gasteiger partial charge in [-0.25, -0.2) is 9.29 Å². The lowest BCUT2D eigenvalue weighted by atomic mass is 10.0. The number of rotatable bonds is 6. The highest BCUT2D eigenvalue weighted by Gasteiger charge is 2.40. The minimum atomic E-state index is -0.500. The van der Waals surface area contributed by atoms with Gasteiger partial charge in [0.05, 0.1) is 17.4 Å². The van der Waals surface area contributed by atoms with Crippen molar-refractivity contribution in [1.29, 1.82) is 0 Å². The Morgan fingerprint density at radius 1 is 0.844 bits per heavy atom. The summed E-state index contributed by atoms with van der Waals surface area (Å²) < 4.78 is 19.1. The molecule has 1 aliphatic heterocycles. The van der Waals surface area contributed by atoms with E-state index in [9.17, 15) is 14.0 Å². The van der Waals surface area contributed by atoms with Gasteiger partial charge in [0, 0.05) is 5.69 Å². The first-order valence-corrected chi connectivity index (χ1v) is 10.3. The van der Waals surface area contributed by atoms with Gasteiger partial charge in [-0.1, -0.05) is 29.8 Å². The zero-order chi connectivity index (χ0) is 22.8. The minimum absolute atomic E-state index is 0.0162. The van der Waals surface area contributed by atoms with Crippen molar-refractivity contribution in [2.45, 2.75) is 26.9 Å². The second kappa shape index (κ2) is 8.67. The van der Waals surface area contributed by atoms with Gasteiger partial charge in [-0.15, -0.1) is 0 Å². The van der Waals surface area contributed by atoms with Crippen LogP contribution in [-0.2, 0) is 9.59 Å². The summed E-state index contributed by atoms with van der Waals surface area (Å²) in [5, 5.41) is 3.12. The number of aryl methyl sites for hydroxylation is 1. The largest absolute Gasteiger partial charge is 0.491 e. The van der Waals surface area contributed by atoms with Crippen molar-refractivity contribution < 1.29 is 18.7 Å². The summed E-state index contributed by atoms with van der Waals surface area (Å²) >= 11 is 0. The number of anilines is 2. The van der Waals surface area contributed by atoms with E-state index in [0.29, 0.717) is 22.7 Å². The zero-order valence-electron chi connectivity index (χ0n) is 18.1. The second-order valence-corrected chi connectivity index (χ2v) is 7.85. The topological polar surface area (TPSA) is 58.6 Å². The first-order valence-electron chi connectivity index (χ1n) is 10.3. The highest BCUT2D eigenvalue weighted by molar-refractivity contribution is 6.46. The number of hydrogen-bond donors (Lipinski definition) is 1. The monoisotopic (exact) mass is 430 g/mol. The van der Waals surface area contributed by atoms with E-state index in [0.717, 1.165) is 10.5 Å². The number of imide groups is 1. The summed E-state index contributed by atoms with van der Waals surface area (Å²) in [4.78, 5) is 27.8. The Kier molecular flexibility index (Phi) is 5.77. The van der Waals surface area contributed by atoms with Crippen molar-refractivity contribution in [2.24, 2.45) is 0 Å². The zero-order valence-corrected chi connectivity index (χ0v) is 18.1. The number of benzene rings is 3. The maximum absolute atomic E-state index is 13.4. The summed E-state index contributed by atoms with van der Waals surface area (Å²) in [7, 11) is 0. The maximum atomic E-state index is 13.4. The van der Waals surface area contributed by atoms with Gasteiger partial charge in [0.1, 0.15) is 17.3 Å². The summed E-state index contributed by atoms with van der Waals surface area (Å²) in [6.45, 7) is 5.83. The molecule has 1 aliphatic rings. The van der Waals surface area contributed by atoms with Crippen LogP contribution in [0.2, 0.25) is 0 Å². The van der Waals surface area contributed by atoms with Crippen molar-refractivity contribution in [3.8, 4) is 5.75 Å². The summed E-state index contributed by atoms with van der Waals surface area (Å²) in [5.41, 5.74) is 3.06. The van der Waals surface area contributed by atoms with Crippen molar-refractivity contribution in [2.75, 3.05) is 10.2 Å². The van der Waals surface area contributed by atoms with Gasteiger partial charge in [0.15, 0.2) is 0 Å². The fourth-order valence-corrected chi connectivity index (χ4v) is 3.49. The lowest BCUT2D eigenvalue weighted by Crippen LogP contribution is -2.32. The van der Waals surface area contributed by atoms with Gasteiger partial charge in [0.2, 0.25) is 0 Å². The van der Waals surface area contributed by atoms with E-state index >= 15 is 0 Å². The molecule has 1 N–H and O–H groups in total. The number of ether oxygens (including phenoxy) is 1. The Morgan fingerprint density at radius 2 is 1.47 bits per heavy atom. The molecular weight excluding hydrogens is 407 g/mol. The lowest BCUT2D eigenvalue weighted by Gasteiger charge is -2.15. The van der Waals surface area contributed by atoms with Gasteiger partial charge in [-0.3, -0.25) is 9.59 Å². The van der Waals surface area contributed by atoms with E-state index in [2.05, 4.69) is 5.32 Å². The third-order valence-electron chi connectivity index (χ3n) is 5.00. The summed E-state index contributed by atoms with van der Waals surface area (Å²) in [6, 6.07) is 19.8. The van der Waals surface area contributed by atoms with Crippen LogP contribution in [0.15, 0.2) is 78.5 Å². The third-order valence-corrected chi connectivity index (χ3v) is 5.00. The maximum Gasteiger partial charge on any atom is 0.282 e.